The van der Waals surface area contributed by atoms with E-state index in [2.05, 4.69) is 15.3 Å². The van der Waals surface area contributed by atoms with E-state index in [0.717, 1.165) is 22.1 Å². The van der Waals surface area contributed by atoms with Gasteiger partial charge in [0.15, 0.2) is 0 Å². The van der Waals surface area contributed by atoms with E-state index in [1.54, 1.807) is 61.7 Å². The minimum Gasteiger partial charge on any atom is -0.439 e. The van der Waals surface area contributed by atoms with Crippen LogP contribution in [0.15, 0.2) is 76.4 Å². The first-order chi connectivity index (χ1) is 17.9. The van der Waals surface area contributed by atoms with Gasteiger partial charge in [0, 0.05) is 35.6 Å². The predicted molar refractivity (Wildman–Crippen MR) is 143 cm³/mol. The molecule has 0 aliphatic rings. The smallest absolute Gasteiger partial charge is 0.354 e. The minimum atomic E-state index is -0.692. The lowest BCUT2D eigenvalue weighted by atomic mass is 10.2. The minimum absolute atomic E-state index is 0.0569. The van der Waals surface area contributed by atoms with Crippen LogP contribution in [0.1, 0.15) is 25.0 Å². The van der Waals surface area contributed by atoms with Crippen LogP contribution >= 0.6 is 11.6 Å². The Morgan fingerprint density at radius 3 is 2.46 bits per heavy atom. The molecule has 2 aromatic carbocycles. The Hall–Kier alpha value is -3.95. The Morgan fingerprint density at radius 2 is 1.78 bits per heavy atom. The molecule has 0 saturated heterocycles. The van der Waals surface area contributed by atoms with Gasteiger partial charge in [0.2, 0.25) is 11.8 Å². The summed E-state index contributed by atoms with van der Waals surface area (Å²) in [6, 6.07) is 18.0. The van der Waals surface area contributed by atoms with Gasteiger partial charge in [-0.3, -0.25) is 4.57 Å². The van der Waals surface area contributed by atoms with Gasteiger partial charge in [-0.2, -0.15) is 4.98 Å². The van der Waals surface area contributed by atoms with Crippen molar-refractivity contribution in [2.24, 2.45) is 5.92 Å². The van der Waals surface area contributed by atoms with Crippen molar-refractivity contribution < 1.29 is 9.84 Å². The SMILES string of the molecule is CCc1cccnc1Oc1ccc(Nc2nc(=O)n(C[C@H](C)CO)c(=O)n2Cc2ccc(Cl)cc2)cc1. The summed E-state index contributed by atoms with van der Waals surface area (Å²) in [6.45, 7) is 3.85. The topological polar surface area (TPSA) is 111 Å². The Labute approximate surface area is 219 Å². The third-order valence-corrected chi connectivity index (χ3v) is 6.02. The molecular weight excluding hydrogens is 494 g/mol. The molecular formula is C27H28ClN5O4. The molecule has 4 aromatic rings. The molecule has 37 heavy (non-hydrogen) atoms. The lowest BCUT2D eigenvalue weighted by molar-refractivity contribution is 0.219. The maximum absolute atomic E-state index is 13.4. The summed E-state index contributed by atoms with van der Waals surface area (Å²) in [6.07, 6.45) is 2.47. The first kappa shape index (κ1) is 26.1. The summed E-state index contributed by atoms with van der Waals surface area (Å²) < 4.78 is 8.35. The Balaban J connectivity index is 1.64. The highest BCUT2D eigenvalue weighted by molar-refractivity contribution is 6.30. The molecule has 0 saturated carbocycles. The van der Waals surface area contributed by atoms with E-state index in [4.69, 9.17) is 16.3 Å². The number of pyridine rings is 1. The van der Waals surface area contributed by atoms with Crippen LogP contribution in [0.5, 0.6) is 11.6 Å². The van der Waals surface area contributed by atoms with Crippen LogP contribution < -0.4 is 21.4 Å². The molecule has 1 atom stereocenters. The lowest BCUT2D eigenvalue weighted by Gasteiger charge is -2.17. The fourth-order valence-electron chi connectivity index (χ4n) is 3.70. The summed E-state index contributed by atoms with van der Waals surface area (Å²) in [4.78, 5) is 34.5. The fraction of sp³-hybridized carbons (Fsp3) is 0.259. The molecule has 2 heterocycles. The molecule has 192 valence electrons. The first-order valence-electron chi connectivity index (χ1n) is 11.9. The number of hydrogen-bond acceptors (Lipinski definition) is 7. The number of aromatic nitrogens is 4. The molecule has 0 aliphatic carbocycles. The molecule has 0 radical (unpaired) electrons. The second kappa shape index (κ2) is 11.9. The molecule has 0 fully saturated rings. The summed E-state index contributed by atoms with van der Waals surface area (Å²) in [5, 5.41) is 13.1. The van der Waals surface area contributed by atoms with Crippen molar-refractivity contribution in [1.29, 1.82) is 0 Å². The van der Waals surface area contributed by atoms with Crippen molar-refractivity contribution in [1.82, 2.24) is 19.1 Å². The van der Waals surface area contributed by atoms with Crippen LogP contribution in [0.2, 0.25) is 5.02 Å². The zero-order valence-corrected chi connectivity index (χ0v) is 21.4. The number of hydrogen-bond donors (Lipinski definition) is 2. The second-order valence-electron chi connectivity index (χ2n) is 8.68. The lowest BCUT2D eigenvalue weighted by Crippen LogP contribution is -2.44. The number of aliphatic hydroxyl groups is 1. The van der Waals surface area contributed by atoms with Crippen molar-refractivity contribution in [2.75, 3.05) is 11.9 Å². The summed E-state index contributed by atoms with van der Waals surface area (Å²) in [7, 11) is 0. The second-order valence-corrected chi connectivity index (χ2v) is 9.12. The van der Waals surface area contributed by atoms with Gasteiger partial charge >= 0.3 is 11.4 Å². The summed E-state index contributed by atoms with van der Waals surface area (Å²) in [5.74, 6) is 0.961. The van der Waals surface area contributed by atoms with Gasteiger partial charge in [-0.25, -0.2) is 19.1 Å². The normalized spacial score (nSPS) is 11.8. The van der Waals surface area contributed by atoms with Gasteiger partial charge in [0.25, 0.3) is 0 Å². The number of nitrogens with zero attached hydrogens (tertiary/aromatic N) is 4. The van der Waals surface area contributed by atoms with E-state index in [1.165, 1.54) is 4.57 Å². The highest BCUT2D eigenvalue weighted by Crippen LogP contribution is 2.25. The van der Waals surface area contributed by atoms with Gasteiger partial charge in [-0.1, -0.05) is 43.6 Å². The van der Waals surface area contributed by atoms with E-state index >= 15 is 0 Å². The number of aryl methyl sites for hydroxylation is 1. The largest absolute Gasteiger partial charge is 0.439 e. The molecule has 0 aliphatic heterocycles. The molecule has 2 aromatic heterocycles. The Morgan fingerprint density at radius 1 is 1.05 bits per heavy atom. The first-order valence-corrected chi connectivity index (χ1v) is 12.3. The van der Waals surface area contributed by atoms with Crippen LogP contribution in [0.25, 0.3) is 0 Å². The van der Waals surface area contributed by atoms with E-state index < -0.39 is 11.4 Å². The number of nitrogens with one attached hydrogen (secondary N) is 1. The zero-order valence-electron chi connectivity index (χ0n) is 20.6. The van der Waals surface area contributed by atoms with Crippen molar-refractivity contribution in [3.05, 3.63) is 104 Å². The highest BCUT2D eigenvalue weighted by Gasteiger charge is 2.16. The summed E-state index contributed by atoms with van der Waals surface area (Å²) in [5.41, 5.74) is 1.20. The Kier molecular flexibility index (Phi) is 8.37. The van der Waals surface area contributed by atoms with Gasteiger partial charge in [-0.15, -0.1) is 0 Å². The van der Waals surface area contributed by atoms with Crippen molar-refractivity contribution in [3.8, 4) is 11.6 Å². The maximum atomic E-state index is 13.4. The van der Waals surface area contributed by atoms with E-state index in [-0.39, 0.29) is 31.6 Å². The summed E-state index contributed by atoms with van der Waals surface area (Å²) >= 11 is 6.01. The molecule has 2 N–H and O–H groups in total. The van der Waals surface area contributed by atoms with Crippen LogP contribution in [0.4, 0.5) is 11.6 Å². The van der Waals surface area contributed by atoms with E-state index in [1.807, 2.05) is 19.1 Å². The van der Waals surface area contributed by atoms with Crippen molar-refractivity contribution in [3.63, 3.8) is 0 Å². The number of benzene rings is 2. The third kappa shape index (κ3) is 6.44. The highest BCUT2D eigenvalue weighted by atomic mass is 35.5. The van der Waals surface area contributed by atoms with Gasteiger partial charge in [0.1, 0.15) is 5.75 Å². The van der Waals surface area contributed by atoms with Crippen LogP contribution in [0, 0.1) is 5.92 Å². The molecule has 10 heteroatoms. The van der Waals surface area contributed by atoms with Crippen molar-refractivity contribution >= 4 is 23.2 Å². The number of halogens is 1. The van der Waals surface area contributed by atoms with Crippen molar-refractivity contribution in [2.45, 2.75) is 33.4 Å². The quantitative estimate of drug-likeness (QED) is 0.321. The molecule has 0 spiro atoms. The molecule has 0 amide bonds. The molecule has 9 nitrogen and oxygen atoms in total. The molecule has 0 unspecified atom stereocenters. The van der Waals surface area contributed by atoms with Crippen LogP contribution in [0.3, 0.4) is 0 Å². The average molecular weight is 522 g/mol. The van der Waals surface area contributed by atoms with Crippen LogP contribution in [-0.2, 0) is 19.5 Å². The van der Waals surface area contributed by atoms with E-state index in [0.29, 0.717) is 22.3 Å². The predicted octanol–water partition coefficient (Wildman–Crippen LogP) is 4.23. The van der Waals surface area contributed by atoms with Crippen LogP contribution in [-0.4, -0.2) is 30.8 Å². The molecule has 0 bridgehead atoms. The van der Waals surface area contributed by atoms with Gasteiger partial charge in [0.05, 0.1) is 6.54 Å². The number of anilines is 2. The monoisotopic (exact) mass is 521 g/mol. The standard InChI is InChI=1S/C27H28ClN5O4/c1-3-20-5-4-14-29-24(20)37-23-12-10-22(11-13-23)30-25-31-26(35)33(15-18(2)17-34)27(36)32(25)16-19-6-8-21(28)9-7-19/h4-14,18,34H,3,15-17H2,1-2H3,(H,30,31,35)/t18-/m0/s1. The molecule has 4 rings (SSSR count). The Bertz CT molecular complexity index is 1470. The third-order valence-electron chi connectivity index (χ3n) is 5.77. The van der Waals surface area contributed by atoms with Gasteiger partial charge in [-0.05, 0) is 60.4 Å². The maximum Gasteiger partial charge on any atom is 0.354 e. The number of aliphatic hydroxyl groups excluding tert-OH is 1. The zero-order chi connectivity index (χ0) is 26.4. The van der Waals surface area contributed by atoms with E-state index in [9.17, 15) is 14.7 Å². The van der Waals surface area contributed by atoms with Gasteiger partial charge < -0.3 is 15.2 Å². The average Bonchev–Trinajstić information content (AvgIpc) is 2.91. The fourth-order valence-corrected chi connectivity index (χ4v) is 3.82. The number of ether oxygens (including phenoxy) is 1. The number of rotatable bonds is 10.